The van der Waals surface area contributed by atoms with Gasteiger partial charge in [-0.15, -0.1) is 0 Å². The van der Waals surface area contributed by atoms with E-state index in [9.17, 15) is 13.2 Å². The third-order valence-electron chi connectivity index (χ3n) is 3.96. The molecule has 4 aromatic rings. The molecule has 28 heavy (non-hydrogen) atoms. The second kappa shape index (κ2) is 7.37. The SMILES string of the molecule is O=C(Nc1cccc2nsnc12)c1cccc(NS(=O)(=O)c2ccccc2)c1. The Hall–Kier alpha value is -3.30. The lowest BCUT2D eigenvalue weighted by atomic mass is 10.2. The molecule has 0 spiro atoms. The van der Waals surface area contributed by atoms with Crippen LogP contribution in [0, 0.1) is 0 Å². The second-order valence-electron chi connectivity index (χ2n) is 5.89. The minimum Gasteiger partial charge on any atom is -0.320 e. The summed E-state index contributed by atoms with van der Waals surface area (Å²) in [7, 11) is -3.73. The first-order valence-electron chi connectivity index (χ1n) is 8.23. The molecule has 9 heteroatoms. The molecule has 3 aromatic carbocycles. The molecule has 0 saturated heterocycles. The lowest BCUT2D eigenvalue weighted by Crippen LogP contribution is -2.15. The van der Waals surface area contributed by atoms with Crippen LogP contribution in [0.5, 0.6) is 0 Å². The maximum absolute atomic E-state index is 12.6. The Morgan fingerprint density at radius 2 is 1.68 bits per heavy atom. The van der Waals surface area contributed by atoms with Gasteiger partial charge in [0, 0.05) is 11.3 Å². The van der Waals surface area contributed by atoms with Crippen LogP contribution in [-0.2, 0) is 10.0 Å². The summed E-state index contributed by atoms with van der Waals surface area (Å²) in [6.45, 7) is 0. The zero-order chi connectivity index (χ0) is 19.6. The highest BCUT2D eigenvalue weighted by Gasteiger charge is 2.15. The van der Waals surface area contributed by atoms with E-state index in [1.54, 1.807) is 48.5 Å². The summed E-state index contributed by atoms with van der Waals surface area (Å²) in [4.78, 5) is 12.8. The maximum atomic E-state index is 12.6. The number of rotatable bonds is 5. The highest BCUT2D eigenvalue weighted by atomic mass is 32.2. The number of carbonyl (C=O) groups is 1. The predicted octanol–water partition coefficient (Wildman–Crippen LogP) is 3.74. The highest BCUT2D eigenvalue weighted by molar-refractivity contribution is 7.92. The number of amides is 1. The fraction of sp³-hybridized carbons (Fsp3) is 0. The van der Waals surface area contributed by atoms with E-state index >= 15 is 0 Å². The van der Waals surface area contributed by atoms with E-state index in [4.69, 9.17) is 0 Å². The van der Waals surface area contributed by atoms with Crippen molar-refractivity contribution in [2.24, 2.45) is 0 Å². The van der Waals surface area contributed by atoms with Gasteiger partial charge in [-0.1, -0.05) is 30.3 Å². The number of hydrogen-bond acceptors (Lipinski definition) is 6. The summed E-state index contributed by atoms with van der Waals surface area (Å²) in [5.41, 5.74) is 2.47. The summed E-state index contributed by atoms with van der Waals surface area (Å²) >= 11 is 1.07. The van der Waals surface area contributed by atoms with E-state index in [2.05, 4.69) is 18.8 Å². The summed E-state index contributed by atoms with van der Waals surface area (Å²) in [6.07, 6.45) is 0. The van der Waals surface area contributed by atoms with Gasteiger partial charge in [-0.2, -0.15) is 8.75 Å². The topological polar surface area (TPSA) is 101 Å². The standard InChI is InChI=1S/C19H14N4O3S2/c24-19(20-16-10-5-11-17-18(16)22-27-21-17)13-6-4-7-14(12-13)23-28(25,26)15-8-2-1-3-9-15/h1-12,23H,(H,20,24). The molecular weight excluding hydrogens is 396 g/mol. The summed E-state index contributed by atoms with van der Waals surface area (Å²) in [5.74, 6) is -0.374. The van der Waals surface area contributed by atoms with Gasteiger partial charge in [-0.05, 0) is 42.5 Å². The van der Waals surface area contributed by atoms with Crippen LogP contribution in [0.4, 0.5) is 11.4 Å². The van der Waals surface area contributed by atoms with Crippen molar-refractivity contribution in [2.45, 2.75) is 4.90 Å². The molecule has 0 aliphatic heterocycles. The first-order chi connectivity index (χ1) is 13.5. The van der Waals surface area contributed by atoms with Crippen molar-refractivity contribution in [3.8, 4) is 0 Å². The van der Waals surface area contributed by atoms with Crippen molar-refractivity contribution in [2.75, 3.05) is 10.0 Å². The maximum Gasteiger partial charge on any atom is 0.261 e. The molecule has 0 aliphatic rings. The number of hydrogen-bond donors (Lipinski definition) is 2. The average molecular weight is 410 g/mol. The molecule has 1 aromatic heterocycles. The van der Waals surface area contributed by atoms with Gasteiger partial charge in [0.25, 0.3) is 15.9 Å². The minimum absolute atomic E-state index is 0.146. The Morgan fingerprint density at radius 1 is 0.893 bits per heavy atom. The number of anilines is 2. The van der Waals surface area contributed by atoms with Crippen molar-refractivity contribution >= 4 is 50.1 Å². The zero-order valence-corrected chi connectivity index (χ0v) is 16.0. The molecule has 140 valence electrons. The molecule has 4 rings (SSSR count). The minimum atomic E-state index is -3.73. The molecular formula is C19H14N4O3S2. The van der Waals surface area contributed by atoms with E-state index in [1.807, 2.05) is 6.07 Å². The van der Waals surface area contributed by atoms with Gasteiger partial charge in [0.05, 0.1) is 22.3 Å². The molecule has 0 unspecified atom stereocenters. The molecule has 0 radical (unpaired) electrons. The van der Waals surface area contributed by atoms with Gasteiger partial charge in [0.15, 0.2) is 0 Å². The van der Waals surface area contributed by atoms with Crippen LogP contribution in [0.1, 0.15) is 10.4 Å². The molecule has 7 nitrogen and oxygen atoms in total. The molecule has 0 aliphatic carbocycles. The Bertz CT molecular complexity index is 1250. The van der Waals surface area contributed by atoms with Gasteiger partial charge in [0.2, 0.25) is 0 Å². The molecule has 0 fully saturated rings. The fourth-order valence-corrected chi connectivity index (χ4v) is 4.26. The van der Waals surface area contributed by atoms with Crippen LogP contribution in [0.25, 0.3) is 11.0 Å². The van der Waals surface area contributed by atoms with E-state index < -0.39 is 10.0 Å². The van der Waals surface area contributed by atoms with Gasteiger partial charge in [-0.3, -0.25) is 9.52 Å². The smallest absolute Gasteiger partial charge is 0.261 e. The molecule has 2 N–H and O–H groups in total. The van der Waals surface area contributed by atoms with Crippen molar-refractivity contribution in [1.29, 1.82) is 0 Å². The number of benzene rings is 3. The van der Waals surface area contributed by atoms with Crippen LogP contribution in [0.15, 0.2) is 77.7 Å². The first-order valence-corrected chi connectivity index (χ1v) is 10.4. The van der Waals surface area contributed by atoms with Gasteiger partial charge < -0.3 is 5.32 Å². The lowest BCUT2D eigenvalue weighted by Gasteiger charge is -2.10. The van der Waals surface area contributed by atoms with Crippen molar-refractivity contribution in [3.05, 3.63) is 78.4 Å². The number of fused-ring (bicyclic) bond motifs is 1. The van der Waals surface area contributed by atoms with Crippen molar-refractivity contribution in [1.82, 2.24) is 8.75 Å². The summed E-state index contributed by atoms with van der Waals surface area (Å²) in [5, 5.41) is 2.80. The molecule has 0 atom stereocenters. The van der Waals surface area contributed by atoms with Gasteiger partial charge >= 0.3 is 0 Å². The van der Waals surface area contributed by atoms with Crippen LogP contribution in [0.3, 0.4) is 0 Å². The van der Waals surface area contributed by atoms with Crippen LogP contribution in [0.2, 0.25) is 0 Å². The quantitative estimate of drug-likeness (QED) is 0.522. The molecule has 0 bridgehead atoms. The van der Waals surface area contributed by atoms with E-state index in [-0.39, 0.29) is 10.8 Å². The van der Waals surface area contributed by atoms with E-state index in [0.29, 0.717) is 28.0 Å². The third kappa shape index (κ3) is 3.71. The van der Waals surface area contributed by atoms with Crippen molar-refractivity contribution in [3.63, 3.8) is 0 Å². The molecule has 0 saturated carbocycles. The third-order valence-corrected chi connectivity index (χ3v) is 5.90. The summed E-state index contributed by atoms with van der Waals surface area (Å²) in [6, 6.07) is 19.7. The average Bonchev–Trinajstić information content (AvgIpc) is 3.18. The monoisotopic (exact) mass is 410 g/mol. The predicted molar refractivity (Wildman–Crippen MR) is 109 cm³/mol. The Balaban J connectivity index is 1.57. The number of nitrogens with zero attached hydrogens (tertiary/aromatic N) is 2. The molecule has 1 amide bonds. The summed E-state index contributed by atoms with van der Waals surface area (Å²) < 4.78 is 35.8. The fourth-order valence-electron chi connectivity index (χ4n) is 2.64. The number of carbonyl (C=O) groups excluding carboxylic acids is 1. The van der Waals surface area contributed by atoms with Gasteiger partial charge in [-0.25, -0.2) is 8.42 Å². The zero-order valence-electron chi connectivity index (χ0n) is 14.4. The Labute approximate surface area is 165 Å². The lowest BCUT2D eigenvalue weighted by molar-refractivity contribution is 0.102. The number of aromatic nitrogens is 2. The van der Waals surface area contributed by atoms with E-state index in [0.717, 1.165) is 11.7 Å². The first kappa shape index (κ1) is 18.1. The highest BCUT2D eigenvalue weighted by Crippen LogP contribution is 2.23. The van der Waals surface area contributed by atoms with E-state index in [1.165, 1.54) is 18.2 Å². The number of nitrogens with one attached hydrogen (secondary N) is 2. The van der Waals surface area contributed by atoms with Crippen LogP contribution < -0.4 is 10.0 Å². The number of sulfonamides is 1. The normalized spacial score (nSPS) is 11.3. The Morgan fingerprint density at radius 3 is 2.50 bits per heavy atom. The Kier molecular flexibility index (Phi) is 4.76. The second-order valence-corrected chi connectivity index (χ2v) is 8.10. The van der Waals surface area contributed by atoms with Crippen LogP contribution in [-0.4, -0.2) is 23.1 Å². The van der Waals surface area contributed by atoms with Gasteiger partial charge in [0.1, 0.15) is 11.0 Å². The van der Waals surface area contributed by atoms with Crippen LogP contribution >= 0.6 is 11.7 Å². The van der Waals surface area contributed by atoms with Crippen molar-refractivity contribution < 1.29 is 13.2 Å². The molecule has 1 heterocycles. The largest absolute Gasteiger partial charge is 0.320 e.